The van der Waals surface area contributed by atoms with Gasteiger partial charge in [-0.2, -0.15) is 10.5 Å². The monoisotopic (exact) mass is 449 g/mol. The Morgan fingerprint density at radius 3 is 2.68 bits per heavy atom. The molecule has 0 amide bonds. The van der Waals surface area contributed by atoms with Crippen LogP contribution in [0.3, 0.4) is 0 Å². The smallest absolute Gasteiger partial charge is 0.227 e. The van der Waals surface area contributed by atoms with E-state index in [0.717, 1.165) is 22.4 Å². The van der Waals surface area contributed by atoms with Crippen LogP contribution >= 0.6 is 0 Å². The Morgan fingerprint density at radius 1 is 1.18 bits per heavy atom. The zero-order valence-corrected chi connectivity index (χ0v) is 18.9. The summed E-state index contributed by atoms with van der Waals surface area (Å²) in [5.41, 5.74) is 11.1. The highest BCUT2D eigenvalue weighted by atomic mass is 16.3. The van der Waals surface area contributed by atoms with Gasteiger partial charge in [-0.05, 0) is 48.4 Å². The summed E-state index contributed by atoms with van der Waals surface area (Å²) in [4.78, 5) is 8.96. The third-order valence-corrected chi connectivity index (χ3v) is 5.92. The molecular weight excluding hydrogens is 426 g/mol. The van der Waals surface area contributed by atoms with Gasteiger partial charge in [-0.3, -0.25) is 0 Å². The van der Waals surface area contributed by atoms with Crippen LogP contribution in [-0.4, -0.2) is 34.8 Å². The fourth-order valence-electron chi connectivity index (χ4n) is 3.95. The third kappa shape index (κ3) is 4.14. The summed E-state index contributed by atoms with van der Waals surface area (Å²) in [5.74, 6) is 6.05. The molecule has 2 heterocycles. The third-order valence-electron chi connectivity index (χ3n) is 5.92. The lowest BCUT2D eigenvalue weighted by molar-refractivity contribution is 0.219. The van der Waals surface area contributed by atoms with Crippen molar-refractivity contribution in [3.05, 3.63) is 64.3 Å². The number of hydrogen-bond donors (Lipinski definition) is 4. The van der Waals surface area contributed by atoms with Crippen molar-refractivity contribution in [1.29, 1.82) is 10.5 Å². The van der Waals surface area contributed by atoms with Gasteiger partial charge in [0, 0.05) is 35.0 Å². The fraction of sp³-hybridized carbons (Fsp3) is 0.231. The Bertz CT molecular complexity index is 1420. The highest BCUT2D eigenvalue weighted by Gasteiger charge is 2.35. The Labute approximate surface area is 198 Å². The first-order valence-electron chi connectivity index (χ1n) is 10.7. The molecule has 0 saturated heterocycles. The molecule has 0 fully saturated rings. The first-order chi connectivity index (χ1) is 16.4. The minimum absolute atomic E-state index is 0.0376. The van der Waals surface area contributed by atoms with E-state index in [-0.39, 0.29) is 13.2 Å². The second-order valence-electron chi connectivity index (χ2n) is 8.35. The van der Waals surface area contributed by atoms with Gasteiger partial charge in [0.15, 0.2) is 0 Å². The van der Waals surface area contributed by atoms with Crippen molar-refractivity contribution in [2.24, 2.45) is 5.73 Å². The lowest BCUT2D eigenvalue weighted by Gasteiger charge is -2.21. The van der Waals surface area contributed by atoms with Gasteiger partial charge < -0.3 is 21.5 Å². The van der Waals surface area contributed by atoms with Crippen molar-refractivity contribution >= 4 is 17.3 Å². The van der Waals surface area contributed by atoms with Crippen LogP contribution in [0.1, 0.15) is 34.7 Å². The van der Waals surface area contributed by atoms with E-state index in [9.17, 15) is 15.6 Å². The number of nitrogens with two attached hydrogens (primary N) is 1. The molecule has 0 aliphatic carbocycles. The zero-order chi connectivity index (χ0) is 24.3. The molecule has 0 spiro atoms. The van der Waals surface area contributed by atoms with Crippen LogP contribution in [-0.2, 0) is 5.41 Å². The van der Waals surface area contributed by atoms with Crippen LogP contribution in [0.25, 0.3) is 11.3 Å². The van der Waals surface area contributed by atoms with E-state index in [1.807, 2.05) is 26.0 Å². The van der Waals surface area contributed by atoms with E-state index >= 15 is 0 Å². The summed E-state index contributed by atoms with van der Waals surface area (Å²) in [7, 11) is 0. The normalized spacial score (nSPS) is 15.8. The molecule has 8 heteroatoms. The summed E-state index contributed by atoms with van der Waals surface area (Å²) < 4.78 is 0. The maximum absolute atomic E-state index is 9.95. The molecule has 4 rings (SSSR count). The number of nitrogens with zero attached hydrogens (tertiary/aromatic N) is 4. The lowest BCUT2D eigenvalue weighted by atomic mass is 9.83. The number of nitriles is 2. The van der Waals surface area contributed by atoms with Gasteiger partial charge in [0.2, 0.25) is 5.95 Å². The average Bonchev–Trinajstić information content (AvgIpc) is 3.20. The van der Waals surface area contributed by atoms with Gasteiger partial charge in [-0.25, -0.2) is 9.97 Å². The molecule has 3 aromatic rings. The minimum atomic E-state index is -0.482. The number of anilines is 3. The molecule has 1 atom stereocenters. The molecule has 1 aliphatic heterocycles. The molecule has 2 aromatic carbocycles. The average molecular weight is 450 g/mol. The van der Waals surface area contributed by atoms with Gasteiger partial charge in [-0.15, -0.1) is 0 Å². The van der Waals surface area contributed by atoms with Crippen LogP contribution in [0.5, 0.6) is 0 Å². The number of aryl methyl sites for hydroxylation is 1. The number of rotatable bonds is 4. The molecule has 34 heavy (non-hydrogen) atoms. The van der Waals surface area contributed by atoms with Crippen molar-refractivity contribution in [3.8, 4) is 35.2 Å². The van der Waals surface area contributed by atoms with Crippen LogP contribution in [0.4, 0.5) is 17.3 Å². The van der Waals surface area contributed by atoms with Crippen LogP contribution < -0.4 is 16.4 Å². The van der Waals surface area contributed by atoms with E-state index in [1.54, 1.807) is 24.4 Å². The summed E-state index contributed by atoms with van der Waals surface area (Å²) in [6.45, 7) is 4.60. The van der Waals surface area contributed by atoms with Crippen molar-refractivity contribution in [1.82, 2.24) is 9.97 Å². The molecule has 168 valence electrons. The molecule has 1 aromatic heterocycles. The predicted octanol–water partition coefficient (Wildman–Crippen LogP) is 2.92. The number of benzene rings is 2. The topological polar surface area (TPSA) is 144 Å². The minimum Gasteiger partial charge on any atom is -0.395 e. The molecule has 0 bridgehead atoms. The highest BCUT2D eigenvalue weighted by Crippen LogP contribution is 2.41. The Kier molecular flexibility index (Phi) is 6.17. The van der Waals surface area contributed by atoms with E-state index in [2.05, 4.69) is 44.6 Å². The highest BCUT2D eigenvalue weighted by molar-refractivity contribution is 5.76. The number of nitrogens with one attached hydrogen (secondary N) is 2. The molecule has 0 saturated carbocycles. The molecule has 0 unspecified atom stereocenters. The van der Waals surface area contributed by atoms with E-state index < -0.39 is 5.41 Å². The summed E-state index contributed by atoms with van der Waals surface area (Å²) >= 11 is 0. The number of fused-ring (bicyclic) bond motifs is 1. The maximum atomic E-state index is 9.95. The summed E-state index contributed by atoms with van der Waals surface area (Å²) in [6, 6.07) is 13.5. The van der Waals surface area contributed by atoms with E-state index in [1.165, 1.54) is 0 Å². The first kappa shape index (κ1) is 22.8. The van der Waals surface area contributed by atoms with Crippen molar-refractivity contribution in [2.75, 3.05) is 30.3 Å². The zero-order valence-electron chi connectivity index (χ0n) is 18.9. The van der Waals surface area contributed by atoms with Crippen molar-refractivity contribution in [2.45, 2.75) is 19.3 Å². The Morgan fingerprint density at radius 2 is 1.97 bits per heavy atom. The SMILES string of the molecule is Cc1cc(C#CCN)c(C#N)cc1Nc1nccc(-c2cc(C#N)c3c(c2)[C@@](C)(CO)CN3)n1. The molecule has 1 aliphatic rings. The number of aliphatic hydroxyl groups is 1. The molecular formula is C26H23N7O. The lowest BCUT2D eigenvalue weighted by Crippen LogP contribution is -2.28. The van der Waals surface area contributed by atoms with Gasteiger partial charge in [-0.1, -0.05) is 18.8 Å². The van der Waals surface area contributed by atoms with E-state index in [4.69, 9.17) is 5.73 Å². The maximum Gasteiger partial charge on any atom is 0.227 e. The standard InChI is InChI=1S/C26H23N7O/c1-16-8-17(4-3-6-27)19(12-28)11-23(16)33-25-30-7-5-22(32-25)18-9-20(13-29)24-21(10-18)26(2,15-34)14-31-24/h5,7-11,31,34H,6,14-15,27H2,1-2H3,(H,30,32,33)/t26-/m1/s1. The molecule has 0 radical (unpaired) electrons. The van der Waals surface area contributed by atoms with Crippen molar-refractivity contribution < 1.29 is 5.11 Å². The Hall–Kier alpha value is -4.42. The van der Waals surface area contributed by atoms with Gasteiger partial charge in [0.05, 0.1) is 35.7 Å². The van der Waals surface area contributed by atoms with E-state index in [0.29, 0.717) is 40.6 Å². The summed E-state index contributed by atoms with van der Waals surface area (Å²) in [6.07, 6.45) is 1.63. The number of aliphatic hydroxyl groups excluding tert-OH is 1. The van der Waals surface area contributed by atoms with Crippen LogP contribution in [0, 0.1) is 41.4 Å². The Balaban J connectivity index is 1.72. The van der Waals surface area contributed by atoms with Crippen LogP contribution in [0.2, 0.25) is 0 Å². The van der Waals surface area contributed by atoms with Gasteiger partial charge in [0.25, 0.3) is 0 Å². The predicted molar refractivity (Wildman–Crippen MR) is 130 cm³/mol. The van der Waals surface area contributed by atoms with Crippen molar-refractivity contribution in [3.63, 3.8) is 0 Å². The first-order valence-corrected chi connectivity index (χ1v) is 10.7. The molecule has 8 nitrogen and oxygen atoms in total. The summed E-state index contributed by atoms with van der Waals surface area (Å²) in [5, 5.41) is 35.6. The molecule has 5 N–H and O–H groups in total. The quantitative estimate of drug-likeness (QED) is 0.445. The number of aromatic nitrogens is 2. The second kappa shape index (κ2) is 9.21. The fourth-order valence-corrected chi connectivity index (χ4v) is 3.95. The second-order valence-corrected chi connectivity index (χ2v) is 8.35. The van der Waals surface area contributed by atoms with Gasteiger partial charge >= 0.3 is 0 Å². The van der Waals surface area contributed by atoms with Crippen LogP contribution in [0.15, 0.2) is 36.5 Å². The number of hydrogen-bond acceptors (Lipinski definition) is 8. The largest absolute Gasteiger partial charge is 0.395 e. The van der Waals surface area contributed by atoms with Gasteiger partial charge in [0.1, 0.15) is 12.1 Å².